The zero-order chi connectivity index (χ0) is 19.8. The Bertz CT molecular complexity index is 772. The van der Waals surface area contributed by atoms with Crippen LogP contribution in [0.4, 0.5) is 19.0 Å². The van der Waals surface area contributed by atoms with E-state index in [1.807, 2.05) is 20.8 Å². The van der Waals surface area contributed by atoms with Crippen LogP contribution in [0, 0.1) is 0 Å². The molecule has 0 aliphatic rings. The van der Waals surface area contributed by atoms with E-state index < -0.39 is 17.3 Å². The number of Topliss-reactive ketones (excluding diaryl/α,β-unsaturated/α-hetero) is 1. The van der Waals surface area contributed by atoms with Gasteiger partial charge in [0.1, 0.15) is 11.6 Å². The van der Waals surface area contributed by atoms with Gasteiger partial charge in [-0.05, 0) is 26.0 Å². The molecule has 8 heteroatoms. The lowest BCUT2D eigenvalue weighted by molar-refractivity contribution is -0.137. The molecule has 0 amide bonds. The first-order valence-corrected chi connectivity index (χ1v) is 8.10. The van der Waals surface area contributed by atoms with Gasteiger partial charge < -0.3 is 9.84 Å². The van der Waals surface area contributed by atoms with Crippen molar-refractivity contribution in [1.82, 2.24) is 10.1 Å². The highest BCUT2D eigenvalue weighted by atomic mass is 19.4. The Hall–Kier alpha value is -2.38. The SMILES string of the molecule is CC(C)(Nc1ccc(C(F)(F)F)cn1)C(=O)Cc1cc(C(C)(C)C)on1. The van der Waals surface area contributed by atoms with Crippen molar-refractivity contribution in [1.29, 1.82) is 0 Å². The van der Waals surface area contributed by atoms with Gasteiger partial charge in [0.05, 0.1) is 23.2 Å². The van der Waals surface area contributed by atoms with Gasteiger partial charge in [0, 0.05) is 17.7 Å². The Kier molecular flexibility index (Phi) is 5.17. The molecule has 0 radical (unpaired) electrons. The molecule has 2 heterocycles. The number of rotatable bonds is 5. The van der Waals surface area contributed by atoms with Crippen LogP contribution in [0.25, 0.3) is 0 Å². The van der Waals surface area contributed by atoms with Gasteiger partial charge in [-0.15, -0.1) is 0 Å². The summed E-state index contributed by atoms with van der Waals surface area (Å²) in [5.74, 6) is 0.676. The summed E-state index contributed by atoms with van der Waals surface area (Å²) in [7, 11) is 0. The van der Waals surface area contributed by atoms with E-state index in [0.717, 1.165) is 12.3 Å². The van der Waals surface area contributed by atoms with Gasteiger partial charge in [-0.3, -0.25) is 4.79 Å². The van der Waals surface area contributed by atoms with Crippen molar-refractivity contribution in [3.8, 4) is 0 Å². The molecule has 2 rings (SSSR count). The highest BCUT2D eigenvalue weighted by Crippen LogP contribution is 2.29. The molecule has 0 bridgehead atoms. The fraction of sp³-hybridized carbons (Fsp3) is 0.500. The molecule has 0 atom stereocenters. The Balaban J connectivity index is 2.07. The van der Waals surface area contributed by atoms with Crippen molar-refractivity contribution >= 4 is 11.6 Å². The molecule has 0 fully saturated rings. The van der Waals surface area contributed by atoms with E-state index in [2.05, 4.69) is 15.5 Å². The summed E-state index contributed by atoms with van der Waals surface area (Å²) < 4.78 is 43.0. The number of hydrogen-bond donors (Lipinski definition) is 1. The highest BCUT2D eigenvalue weighted by Gasteiger charge is 2.32. The monoisotopic (exact) mass is 369 g/mol. The van der Waals surface area contributed by atoms with Crippen LogP contribution < -0.4 is 5.32 Å². The maximum absolute atomic E-state index is 12.6. The Morgan fingerprint density at radius 1 is 1.15 bits per heavy atom. The number of hydrogen-bond acceptors (Lipinski definition) is 5. The fourth-order valence-corrected chi connectivity index (χ4v) is 2.16. The average molecular weight is 369 g/mol. The summed E-state index contributed by atoms with van der Waals surface area (Å²) >= 11 is 0. The summed E-state index contributed by atoms with van der Waals surface area (Å²) in [6.45, 7) is 9.20. The van der Waals surface area contributed by atoms with Crippen LogP contribution in [0.2, 0.25) is 0 Å². The number of ketones is 1. The second-order valence-electron chi connectivity index (χ2n) is 7.71. The van der Waals surface area contributed by atoms with Gasteiger partial charge >= 0.3 is 6.18 Å². The van der Waals surface area contributed by atoms with E-state index >= 15 is 0 Å². The first kappa shape index (κ1) is 19.9. The van der Waals surface area contributed by atoms with Crippen LogP contribution in [0.3, 0.4) is 0 Å². The number of nitrogens with zero attached hydrogens (tertiary/aromatic N) is 2. The lowest BCUT2D eigenvalue weighted by Crippen LogP contribution is -2.41. The third-order valence-electron chi connectivity index (χ3n) is 3.87. The maximum atomic E-state index is 12.6. The van der Waals surface area contributed by atoms with Crippen molar-refractivity contribution in [2.45, 2.75) is 58.2 Å². The minimum absolute atomic E-state index is 0.0419. The van der Waals surface area contributed by atoms with Gasteiger partial charge in [0.25, 0.3) is 0 Å². The minimum atomic E-state index is -4.45. The molecule has 2 aromatic heterocycles. The molecular formula is C18H22F3N3O2. The molecular weight excluding hydrogens is 347 g/mol. The zero-order valence-electron chi connectivity index (χ0n) is 15.4. The Morgan fingerprint density at radius 2 is 1.81 bits per heavy atom. The minimum Gasteiger partial charge on any atom is -0.361 e. The first-order valence-electron chi connectivity index (χ1n) is 8.10. The quantitative estimate of drug-likeness (QED) is 0.847. The Labute approximate surface area is 150 Å². The van der Waals surface area contributed by atoms with Crippen LogP contribution in [-0.2, 0) is 22.8 Å². The molecule has 26 heavy (non-hydrogen) atoms. The standard InChI is InChI=1S/C18H22F3N3O2/c1-16(2,3)14-9-12(24-26-14)8-13(25)17(4,5)23-15-7-6-11(10-22-15)18(19,20)21/h6-7,9-10H,8H2,1-5H3,(H,22,23). The van der Waals surface area contributed by atoms with Crippen molar-refractivity contribution in [3.05, 3.63) is 41.4 Å². The number of halogens is 3. The normalized spacial score (nSPS) is 12.9. The summed E-state index contributed by atoms with van der Waals surface area (Å²) in [4.78, 5) is 16.3. The number of nitrogens with one attached hydrogen (secondary N) is 1. The van der Waals surface area contributed by atoms with E-state index in [0.29, 0.717) is 11.5 Å². The molecule has 5 nitrogen and oxygen atoms in total. The second kappa shape index (κ2) is 6.74. The molecule has 0 unspecified atom stereocenters. The summed E-state index contributed by atoms with van der Waals surface area (Å²) in [5.41, 5.74) is -1.58. The smallest absolute Gasteiger partial charge is 0.361 e. The van der Waals surface area contributed by atoms with Crippen molar-refractivity contribution in [2.75, 3.05) is 5.32 Å². The van der Waals surface area contributed by atoms with Crippen LogP contribution >= 0.6 is 0 Å². The number of anilines is 1. The lowest BCUT2D eigenvalue weighted by Gasteiger charge is -2.25. The summed E-state index contributed by atoms with van der Waals surface area (Å²) in [6.07, 6.45) is -3.68. The predicted octanol–water partition coefficient (Wildman–Crippen LogP) is 4.39. The van der Waals surface area contributed by atoms with Crippen LogP contribution in [0.5, 0.6) is 0 Å². The topological polar surface area (TPSA) is 68.0 Å². The number of carbonyl (C=O) groups excluding carboxylic acids is 1. The number of carbonyl (C=O) groups is 1. The van der Waals surface area contributed by atoms with E-state index in [4.69, 9.17) is 4.52 Å². The molecule has 2 aromatic rings. The van der Waals surface area contributed by atoms with E-state index in [9.17, 15) is 18.0 Å². The second-order valence-corrected chi connectivity index (χ2v) is 7.71. The molecule has 0 saturated heterocycles. The van der Waals surface area contributed by atoms with E-state index in [1.54, 1.807) is 19.9 Å². The average Bonchev–Trinajstić information content (AvgIpc) is 2.95. The van der Waals surface area contributed by atoms with Crippen molar-refractivity contribution in [3.63, 3.8) is 0 Å². The molecule has 0 aliphatic carbocycles. The first-order chi connectivity index (χ1) is 11.8. The number of aromatic nitrogens is 2. The van der Waals surface area contributed by atoms with Crippen molar-refractivity contribution in [2.24, 2.45) is 0 Å². The zero-order valence-corrected chi connectivity index (χ0v) is 15.4. The van der Waals surface area contributed by atoms with E-state index in [1.165, 1.54) is 6.07 Å². The van der Waals surface area contributed by atoms with Gasteiger partial charge in [0.15, 0.2) is 5.78 Å². The predicted molar refractivity (Wildman–Crippen MR) is 90.9 cm³/mol. The maximum Gasteiger partial charge on any atom is 0.417 e. The van der Waals surface area contributed by atoms with Crippen LogP contribution in [0.15, 0.2) is 28.9 Å². The Morgan fingerprint density at radius 3 is 2.27 bits per heavy atom. The molecule has 142 valence electrons. The van der Waals surface area contributed by atoms with Gasteiger partial charge in [-0.1, -0.05) is 25.9 Å². The fourth-order valence-electron chi connectivity index (χ4n) is 2.16. The molecule has 0 aromatic carbocycles. The summed E-state index contributed by atoms with van der Waals surface area (Å²) in [6, 6.07) is 3.86. The van der Waals surface area contributed by atoms with E-state index in [-0.39, 0.29) is 23.4 Å². The van der Waals surface area contributed by atoms with Crippen molar-refractivity contribution < 1.29 is 22.5 Å². The van der Waals surface area contributed by atoms with Crippen LogP contribution in [-0.4, -0.2) is 21.5 Å². The third-order valence-corrected chi connectivity index (χ3v) is 3.87. The summed E-state index contributed by atoms with van der Waals surface area (Å²) in [5, 5.41) is 6.79. The lowest BCUT2D eigenvalue weighted by atomic mass is 9.91. The third kappa shape index (κ3) is 4.83. The molecule has 0 saturated carbocycles. The number of alkyl halides is 3. The van der Waals surface area contributed by atoms with Crippen LogP contribution in [0.1, 0.15) is 51.6 Å². The van der Waals surface area contributed by atoms with Gasteiger partial charge in [0.2, 0.25) is 0 Å². The molecule has 0 aliphatic heterocycles. The van der Waals surface area contributed by atoms with Gasteiger partial charge in [-0.2, -0.15) is 13.2 Å². The number of pyridine rings is 1. The molecule has 0 spiro atoms. The largest absolute Gasteiger partial charge is 0.417 e. The highest BCUT2D eigenvalue weighted by molar-refractivity contribution is 5.91. The van der Waals surface area contributed by atoms with Gasteiger partial charge in [-0.25, -0.2) is 4.98 Å². The molecule has 1 N–H and O–H groups in total.